The number of hydrogen-bond donors (Lipinski definition) is 0. The maximum absolute atomic E-state index is 13.2. The number of piperazine rings is 1. The van der Waals surface area contributed by atoms with Crippen LogP contribution < -0.4 is 0 Å². The summed E-state index contributed by atoms with van der Waals surface area (Å²) in [6.07, 6.45) is 6.59. The molecule has 3 aromatic carbocycles. The highest BCUT2D eigenvalue weighted by Gasteiger charge is 2.30. The van der Waals surface area contributed by atoms with Gasteiger partial charge in [-0.1, -0.05) is 92.2 Å². The van der Waals surface area contributed by atoms with Crippen molar-refractivity contribution in [1.82, 2.24) is 24.6 Å². The first-order chi connectivity index (χ1) is 21.5. The molecule has 7 nitrogen and oxygen atoms in total. The third-order valence-electron chi connectivity index (χ3n) is 8.20. The van der Waals surface area contributed by atoms with E-state index in [1.165, 1.54) is 30.4 Å². The Morgan fingerprint density at radius 2 is 1.57 bits per heavy atom. The number of carbonyl (C=O) groups is 2. The number of thioether (sulfide) groups is 1. The van der Waals surface area contributed by atoms with Gasteiger partial charge in [-0.2, -0.15) is 0 Å². The van der Waals surface area contributed by atoms with E-state index in [0.717, 1.165) is 40.8 Å². The Morgan fingerprint density at radius 1 is 0.841 bits per heavy atom. The molecule has 0 saturated carbocycles. The maximum atomic E-state index is 13.2. The van der Waals surface area contributed by atoms with Crippen molar-refractivity contribution >= 4 is 23.6 Å². The van der Waals surface area contributed by atoms with Crippen LogP contribution in [0.2, 0.25) is 0 Å². The zero-order valence-electron chi connectivity index (χ0n) is 25.9. The fraction of sp³-hybridized carbons (Fsp3) is 0.389. The lowest BCUT2D eigenvalue weighted by Gasteiger charge is -2.40. The van der Waals surface area contributed by atoms with Crippen molar-refractivity contribution in [1.29, 1.82) is 0 Å². The molecule has 1 aliphatic rings. The molecule has 0 N–H and O–H groups in total. The Kier molecular flexibility index (Phi) is 11.2. The molecule has 44 heavy (non-hydrogen) atoms. The van der Waals surface area contributed by atoms with Crippen LogP contribution in [0.1, 0.15) is 73.3 Å². The van der Waals surface area contributed by atoms with Crippen molar-refractivity contribution in [3.05, 3.63) is 107 Å². The van der Waals surface area contributed by atoms with E-state index >= 15 is 0 Å². The molecule has 1 fully saturated rings. The smallest absolute Gasteiger partial charge is 0.254 e. The molecule has 1 aromatic heterocycles. The molecular formula is C36H43N5O2S. The number of para-hydroxylation sites is 1. The van der Waals surface area contributed by atoms with Gasteiger partial charge in [-0.3, -0.25) is 14.2 Å². The van der Waals surface area contributed by atoms with Gasteiger partial charge in [0.1, 0.15) is 5.82 Å². The van der Waals surface area contributed by atoms with Crippen molar-refractivity contribution in [3.63, 3.8) is 0 Å². The SMILES string of the molecule is CCCCCc1ccc(C(=O)N2CCN(C(=O)CCCSc3nnc(Cc4ccccc4)n3-c3ccccc3)CC2C)cc1. The third-order valence-corrected chi connectivity index (χ3v) is 9.21. The first-order valence-corrected chi connectivity index (χ1v) is 16.9. The third kappa shape index (κ3) is 8.17. The van der Waals surface area contributed by atoms with Crippen LogP contribution >= 0.6 is 11.8 Å². The highest BCUT2D eigenvalue weighted by Crippen LogP contribution is 2.25. The summed E-state index contributed by atoms with van der Waals surface area (Å²) in [7, 11) is 0. The van der Waals surface area contributed by atoms with E-state index in [2.05, 4.69) is 58.1 Å². The molecule has 1 atom stereocenters. The highest BCUT2D eigenvalue weighted by atomic mass is 32.2. The van der Waals surface area contributed by atoms with Crippen LogP contribution in [-0.2, 0) is 17.6 Å². The summed E-state index contributed by atoms with van der Waals surface area (Å²) in [5.41, 5.74) is 4.23. The van der Waals surface area contributed by atoms with Gasteiger partial charge >= 0.3 is 0 Å². The largest absolute Gasteiger partial charge is 0.339 e. The van der Waals surface area contributed by atoms with Crippen molar-refractivity contribution in [2.75, 3.05) is 25.4 Å². The fourth-order valence-corrected chi connectivity index (χ4v) is 6.62. The Balaban J connectivity index is 1.11. The second-order valence-corrected chi connectivity index (χ2v) is 12.6. The zero-order chi connectivity index (χ0) is 30.7. The number of aromatic nitrogens is 3. The van der Waals surface area contributed by atoms with Crippen LogP contribution in [0.25, 0.3) is 5.69 Å². The van der Waals surface area contributed by atoms with E-state index in [4.69, 9.17) is 0 Å². The molecule has 1 unspecified atom stereocenters. The molecule has 4 aromatic rings. The van der Waals surface area contributed by atoms with Gasteiger partial charge in [0, 0.05) is 55.5 Å². The Morgan fingerprint density at radius 3 is 2.27 bits per heavy atom. The molecule has 2 heterocycles. The number of aryl methyl sites for hydroxylation is 1. The maximum Gasteiger partial charge on any atom is 0.254 e. The average molecular weight is 610 g/mol. The molecule has 0 aliphatic carbocycles. The molecule has 0 bridgehead atoms. The average Bonchev–Trinajstić information content (AvgIpc) is 3.45. The fourth-order valence-electron chi connectivity index (χ4n) is 5.71. The molecule has 1 aliphatic heterocycles. The lowest BCUT2D eigenvalue weighted by Crippen LogP contribution is -2.55. The zero-order valence-corrected chi connectivity index (χ0v) is 26.7. The van der Waals surface area contributed by atoms with E-state index < -0.39 is 0 Å². The van der Waals surface area contributed by atoms with Crippen molar-refractivity contribution < 1.29 is 9.59 Å². The molecular weight excluding hydrogens is 566 g/mol. The van der Waals surface area contributed by atoms with Crippen molar-refractivity contribution in [2.24, 2.45) is 0 Å². The number of benzene rings is 3. The molecule has 0 spiro atoms. The quantitative estimate of drug-likeness (QED) is 0.123. The highest BCUT2D eigenvalue weighted by molar-refractivity contribution is 7.99. The second-order valence-electron chi connectivity index (χ2n) is 11.5. The number of hydrogen-bond acceptors (Lipinski definition) is 5. The number of unbranched alkanes of at least 4 members (excludes halogenated alkanes) is 2. The standard InChI is InChI=1S/C36H43N5O2S/c1-3-4-7-13-29-19-21-31(22-20-29)35(43)40-24-23-39(27-28(40)2)34(42)18-12-25-44-36-38-37-33(26-30-14-8-5-9-15-30)41(36)32-16-10-6-11-17-32/h5-6,8-11,14-17,19-22,28H,3-4,7,12-13,18,23-27H2,1-2H3. The van der Waals surface area contributed by atoms with Gasteiger partial charge < -0.3 is 9.80 Å². The van der Waals surface area contributed by atoms with Gasteiger partial charge in [-0.15, -0.1) is 10.2 Å². The summed E-state index contributed by atoms with van der Waals surface area (Å²) in [5.74, 6) is 1.86. The minimum absolute atomic E-state index is 0.0220. The lowest BCUT2D eigenvalue weighted by molar-refractivity contribution is -0.133. The van der Waals surface area contributed by atoms with Crippen molar-refractivity contribution in [2.45, 2.75) is 70.0 Å². The van der Waals surface area contributed by atoms with E-state index in [0.29, 0.717) is 32.5 Å². The van der Waals surface area contributed by atoms with Crippen LogP contribution in [0.5, 0.6) is 0 Å². The van der Waals surface area contributed by atoms with Gasteiger partial charge in [0.25, 0.3) is 5.91 Å². The summed E-state index contributed by atoms with van der Waals surface area (Å²) in [5, 5.41) is 9.89. The molecule has 230 valence electrons. The predicted molar refractivity (Wildman–Crippen MR) is 177 cm³/mol. The Hall–Kier alpha value is -3.91. The van der Waals surface area contributed by atoms with Gasteiger partial charge in [-0.05, 0) is 61.6 Å². The monoisotopic (exact) mass is 609 g/mol. The number of nitrogens with zero attached hydrogens (tertiary/aromatic N) is 5. The molecule has 5 rings (SSSR count). The van der Waals surface area contributed by atoms with E-state index in [-0.39, 0.29) is 17.9 Å². The predicted octanol–water partition coefficient (Wildman–Crippen LogP) is 6.84. The molecule has 2 amide bonds. The van der Waals surface area contributed by atoms with Crippen LogP contribution in [0.4, 0.5) is 0 Å². The Labute approximate surface area is 265 Å². The van der Waals surface area contributed by atoms with E-state index in [1.807, 2.05) is 65.3 Å². The lowest BCUT2D eigenvalue weighted by atomic mass is 10.0. The first kappa shape index (κ1) is 31.5. The minimum atomic E-state index is -0.0220. The first-order valence-electron chi connectivity index (χ1n) is 15.9. The normalized spacial score (nSPS) is 15.0. The summed E-state index contributed by atoms with van der Waals surface area (Å²) in [4.78, 5) is 30.2. The van der Waals surface area contributed by atoms with E-state index in [9.17, 15) is 9.59 Å². The molecule has 0 radical (unpaired) electrons. The number of rotatable bonds is 13. The van der Waals surface area contributed by atoms with Gasteiger partial charge in [0.2, 0.25) is 5.91 Å². The van der Waals surface area contributed by atoms with Crippen LogP contribution in [0.15, 0.2) is 90.1 Å². The van der Waals surface area contributed by atoms with Gasteiger partial charge in [-0.25, -0.2) is 0 Å². The number of carbonyl (C=O) groups excluding carboxylic acids is 2. The summed E-state index contributed by atoms with van der Waals surface area (Å²) >= 11 is 1.64. The van der Waals surface area contributed by atoms with Crippen LogP contribution in [0, 0.1) is 0 Å². The van der Waals surface area contributed by atoms with Gasteiger partial charge in [0.05, 0.1) is 0 Å². The summed E-state index contributed by atoms with van der Waals surface area (Å²) in [6, 6.07) is 28.5. The molecule has 8 heteroatoms. The summed E-state index contributed by atoms with van der Waals surface area (Å²) in [6.45, 7) is 5.94. The Bertz CT molecular complexity index is 1490. The van der Waals surface area contributed by atoms with E-state index in [1.54, 1.807) is 11.8 Å². The number of amides is 2. The van der Waals surface area contributed by atoms with Crippen LogP contribution in [0.3, 0.4) is 0 Å². The summed E-state index contributed by atoms with van der Waals surface area (Å²) < 4.78 is 2.12. The minimum Gasteiger partial charge on any atom is -0.339 e. The topological polar surface area (TPSA) is 71.3 Å². The van der Waals surface area contributed by atoms with Gasteiger partial charge in [0.15, 0.2) is 5.16 Å². The van der Waals surface area contributed by atoms with Crippen LogP contribution in [-0.4, -0.2) is 67.8 Å². The second kappa shape index (κ2) is 15.7. The van der Waals surface area contributed by atoms with Crippen molar-refractivity contribution in [3.8, 4) is 5.69 Å². The molecule has 1 saturated heterocycles.